The number of carbonyl (C=O) groups excluding carboxylic acids is 1. The van der Waals surface area contributed by atoms with Gasteiger partial charge in [-0.15, -0.1) is 0 Å². The van der Waals surface area contributed by atoms with Crippen LogP contribution in [0.25, 0.3) is 0 Å². The van der Waals surface area contributed by atoms with E-state index >= 15 is 0 Å². The van der Waals surface area contributed by atoms with Crippen LogP contribution in [0.2, 0.25) is 0 Å². The number of carbonyl (C=O) groups is 1. The van der Waals surface area contributed by atoms with Crippen molar-refractivity contribution in [3.8, 4) is 0 Å². The maximum Gasteiger partial charge on any atom is 0.278 e. The fourth-order valence-corrected chi connectivity index (χ4v) is 6.49. The first kappa shape index (κ1) is 21.1. The number of piperidine rings is 2. The van der Waals surface area contributed by atoms with E-state index in [9.17, 15) is 18.3 Å². The van der Waals surface area contributed by atoms with Crippen LogP contribution in [0.15, 0.2) is 12.1 Å². The maximum absolute atomic E-state index is 13.2. The van der Waals surface area contributed by atoms with Crippen LogP contribution in [0.3, 0.4) is 0 Å². The number of aryl methyl sites for hydroxylation is 2. The highest BCUT2D eigenvalue weighted by Gasteiger charge is 2.53. The van der Waals surface area contributed by atoms with Crippen LogP contribution >= 0.6 is 0 Å². The van der Waals surface area contributed by atoms with Gasteiger partial charge in [-0.05, 0) is 63.3 Å². The minimum atomic E-state index is -3.91. The third kappa shape index (κ3) is 3.92. The van der Waals surface area contributed by atoms with Crippen molar-refractivity contribution in [1.82, 2.24) is 20.1 Å². The Hall–Kier alpha value is -1.59. The van der Waals surface area contributed by atoms with E-state index in [2.05, 4.69) is 10.3 Å². The van der Waals surface area contributed by atoms with Crippen molar-refractivity contribution < 1.29 is 23.5 Å². The van der Waals surface area contributed by atoms with Crippen molar-refractivity contribution in [1.29, 1.82) is 0 Å². The Morgan fingerprint density at radius 2 is 1.86 bits per heavy atom. The van der Waals surface area contributed by atoms with E-state index in [1.807, 2.05) is 26.0 Å². The Labute approximate surface area is 165 Å². The largest absolute Gasteiger partial charge is 0.377 e. The van der Waals surface area contributed by atoms with Crippen molar-refractivity contribution in [3.63, 3.8) is 0 Å². The third-order valence-corrected chi connectivity index (χ3v) is 8.18. The predicted molar refractivity (Wildman–Crippen MR) is 102 cm³/mol. The van der Waals surface area contributed by atoms with Crippen LogP contribution in [-0.4, -0.2) is 71.0 Å². The normalized spacial score (nSPS) is 27.5. The quantitative estimate of drug-likeness (QED) is 0.398. The summed E-state index contributed by atoms with van der Waals surface area (Å²) in [5, 5.41) is 21.2. The van der Waals surface area contributed by atoms with Gasteiger partial charge in [-0.2, -0.15) is 0 Å². The van der Waals surface area contributed by atoms with Gasteiger partial charge in [0.25, 0.3) is 5.91 Å². The molecule has 0 radical (unpaired) electrons. The molecule has 156 valence electrons. The molecule has 1 aromatic rings. The summed E-state index contributed by atoms with van der Waals surface area (Å²) in [6.07, 6.45) is 1.42. The maximum atomic E-state index is 13.2. The molecule has 3 heterocycles. The number of hydroxylamine groups is 1. The number of aromatic nitrogens is 1. The van der Waals surface area contributed by atoms with E-state index in [0.29, 0.717) is 32.5 Å². The number of amides is 1. The molecule has 1 aromatic heterocycles. The number of nitrogens with zero attached hydrogens (tertiary/aromatic N) is 2. The minimum Gasteiger partial charge on any atom is -0.377 e. The first-order valence-electron chi connectivity index (χ1n) is 9.50. The van der Waals surface area contributed by atoms with Gasteiger partial charge in [0, 0.05) is 31.0 Å². The number of β-amino-alcohol motifs (C(OH)–C–C–N with tert-alkyl or cyclic N) is 1. The molecule has 2 saturated heterocycles. The van der Waals surface area contributed by atoms with Crippen molar-refractivity contribution >= 4 is 15.9 Å². The van der Waals surface area contributed by atoms with Gasteiger partial charge < -0.3 is 10.4 Å². The zero-order valence-corrected chi connectivity index (χ0v) is 17.0. The predicted octanol–water partition coefficient (Wildman–Crippen LogP) is -0.194. The van der Waals surface area contributed by atoms with Crippen LogP contribution in [0.5, 0.6) is 0 Å². The number of aliphatic hydroxyl groups is 1. The average Bonchev–Trinajstić information content (AvgIpc) is 2.66. The lowest BCUT2D eigenvalue weighted by Crippen LogP contribution is -2.67. The molecule has 2 atom stereocenters. The smallest absolute Gasteiger partial charge is 0.278 e. The van der Waals surface area contributed by atoms with Crippen LogP contribution < -0.4 is 10.8 Å². The number of sulfonamides is 1. The molecule has 10 heteroatoms. The van der Waals surface area contributed by atoms with E-state index in [0.717, 1.165) is 11.4 Å². The molecule has 2 fully saturated rings. The highest BCUT2D eigenvalue weighted by Crippen LogP contribution is 2.33. The van der Waals surface area contributed by atoms with Crippen molar-refractivity contribution in [2.45, 2.75) is 49.9 Å². The Balaban J connectivity index is 1.76. The number of hydrogen-bond acceptors (Lipinski definition) is 7. The lowest BCUT2D eigenvalue weighted by molar-refractivity contribution is -0.150. The van der Waals surface area contributed by atoms with Gasteiger partial charge in [0.15, 0.2) is 5.60 Å². The molecule has 0 bridgehead atoms. The van der Waals surface area contributed by atoms with Gasteiger partial charge in [-0.3, -0.25) is 15.0 Å². The van der Waals surface area contributed by atoms with E-state index in [-0.39, 0.29) is 18.9 Å². The van der Waals surface area contributed by atoms with Gasteiger partial charge >= 0.3 is 0 Å². The number of nitrogens with one attached hydrogen (secondary N) is 2. The fraction of sp³-hybridized carbons (Fsp3) is 0.667. The number of hydrogen-bond donors (Lipinski definition) is 4. The SMILES string of the molecule is Cc1cc(C2CCN(S(=O)(=O)C3CCNCC3(O)C(=O)NO)CC2)cc(C)n1. The summed E-state index contributed by atoms with van der Waals surface area (Å²) in [5.41, 5.74) is 2.25. The fourth-order valence-electron chi connectivity index (χ4n) is 4.31. The van der Waals surface area contributed by atoms with E-state index in [4.69, 9.17) is 5.21 Å². The summed E-state index contributed by atoms with van der Waals surface area (Å²) in [7, 11) is -3.91. The molecule has 28 heavy (non-hydrogen) atoms. The van der Waals surface area contributed by atoms with E-state index in [1.54, 1.807) is 0 Å². The second-order valence-electron chi connectivity index (χ2n) is 7.72. The molecule has 0 saturated carbocycles. The number of rotatable bonds is 4. The summed E-state index contributed by atoms with van der Waals surface area (Å²) in [6.45, 7) is 4.69. The molecule has 2 aliphatic heterocycles. The van der Waals surface area contributed by atoms with E-state index < -0.39 is 26.8 Å². The Morgan fingerprint density at radius 1 is 1.25 bits per heavy atom. The summed E-state index contributed by atoms with van der Waals surface area (Å²) < 4.78 is 27.8. The van der Waals surface area contributed by atoms with Crippen LogP contribution in [0, 0.1) is 13.8 Å². The molecule has 2 unspecified atom stereocenters. The molecular formula is C18H28N4O5S. The van der Waals surface area contributed by atoms with Gasteiger partial charge in [0.2, 0.25) is 10.0 Å². The Kier molecular flexibility index (Phi) is 6.06. The first-order chi connectivity index (χ1) is 13.2. The molecule has 4 N–H and O–H groups in total. The molecule has 0 aliphatic carbocycles. The van der Waals surface area contributed by atoms with Crippen LogP contribution in [0.1, 0.15) is 42.1 Å². The lowest BCUT2D eigenvalue weighted by Gasteiger charge is -2.41. The topological polar surface area (TPSA) is 132 Å². The summed E-state index contributed by atoms with van der Waals surface area (Å²) in [6, 6.07) is 4.08. The molecule has 1 amide bonds. The van der Waals surface area contributed by atoms with Crippen molar-refractivity contribution in [2.24, 2.45) is 0 Å². The van der Waals surface area contributed by atoms with Gasteiger partial charge in [0.1, 0.15) is 5.25 Å². The highest BCUT2D eigenvalue weighted by molar-refractivity contribution is 7.89. The zero-order valence-electron chi connectivity index (χ0n) is 16.2. The number of pyridine rings is 1. The van der Waals surface area contributed by atoms with E-state index in [1.165, 1.54) is 15.3 Å². The second kappa shape index (κ2) is 8.03. The standard InChI is InChI=1S/C18H28N4O5S/c1-12-9-15(10-13(2)20-12)14-4-7-22(8-5-14)28(26,27)16-3-6-19-11-18(16,24)17(23)21-25/h9-10,14,16,19,24-25H,3-8,11H2,1-2H3,(H,21,23). The molecule has 9 nitrogen and oxygen atoms in total. The molecule has 3 rings (SSSR count). The van der Waals surface area contributed by atoms with Crippen LogP contribution in [-0.2, 0) is 14.8 Å². The van der Waals surface area contributed by atoms with Crippen LogP contribution in [0.4, 0.5) is 0 Å². The van der Waals surface area contributed by atoms with Crippen molar-refractivity contribution in [2.75, 3.05) is 26.2 Å². The molecule has 2 aliphatic rings. The average molecular weight is 413 g/mol. The Morgan fingerprint density at radius 3 is 2.43 bits per heavy atom. The zero-order chi connectivity index (χ0) is 20.5. The monoisotopic (exact) mass is 412 g/mol. The van der Waals surface area contributed by atoms with Crippen molar-refractivity contribution in [3.05, 3.63) is 29.1 Å². The summed E-state index contributed by atoms with van der Waals surface area (Å²) in [4.78, 5) is 16.4. The first-order valence-corrected chi connectivity index (χ1v) is 11.0. The van der Waals surface area contributed by atoms with Gasteiger partial charge in [0.05, 0.1) is 0 Å². The highest BCUT2D eigenvalue weighted by atomic mass is 32.2. The molecule has 0 spiro atoms. The third-order valence-electron chi connectivity index (χ3n) is 5.75. The second-order valence-corrected chi connectivity index (χ2v) is 9.84. The lowest BCUT2D eigenvalue weighted by atomic mass is 9.90. The minimum absolute atomic E-state index is 0.0922. The summed E-state index contributed by atoms with van der Waals surface area (Å²) >= 11 is 0. The molecular weight excluding hydrogens is 384 g/mol. The summed E-state index contributed by atoms with van der Waals surface area (Å²) in [5.74, 6) is -0.856. The van der Waals surface area contributed by atoms with Gasteiger partial charge in [-0.25, -0.2) is 18.2 Å². The molecule has 0 aromatic carbocycles. The van der Waals surface area contributed by atoms with Gasteiger partial charge in [-0.1, -0.05) is 0 Å². The Bertz CT molecular complexity index is 818.